The van der Waals surface area contributed by atoms with Crippen LogP contribution in [-0.4, -0.2) is 42.1 Å². The van der Waals surface area contributed by atoms with E-state index in [2.05, 4.69) is 0 Å². The van der Waals surface area contributed by atoms with E-state index in [0.29, 0.717) is 6.42 Å². The van der Waals surface area contributed by atoms with Crippen molar-refractivity contribution in [1.82, 2.24) is 4.31 Å². The quantitative estimate of drug-likeness (QED) is 0.712. The highest BCUT2D eigenvalue weighted by atomic mass is 32.2. The Kier molecular flexibility index (Phi) is 5.07. The predicted octanol–water partition coefficient (Wildman–Crippen LogP) is 0.521. The first kappa shape index (κ1) is 13.4. The van der Waals surface area contributed by atoms with Crippen molar-refractivity contribution in [1.29, 1.82) is 0 Å². The Morgan fingerprint density at radius 1 is 1.43 bits per heavy atom. The zero-order valence-electron chi connectivity index (χ0n) is 8.73. The summed E-state index contributed by atoms with van der Waals surface area (Å²) >= 11 is 0. The summed E-state index contributed by atoms with van der Waals surface area (Å²) in [4.78, 5) is 10.5. The summed E-state index contributed by atoms with van der Waals surface area (Å²) < 4.78 is 24.0. The van der Waals surface area contributed by atoms with Crippen molar-refractivity contribution in [2.45, 2.75) is 33.2 Å². The molecule has 1 atom stereocenters. The lowest BCUT2D eigenvalue weighted by atomic mass is 10.2. The van der Waals surface area contributed by atoms with E-state index >= 15 is 0 Å². The standard InChI is InChI=1S/C8H17NO4S/c1-4-7(3)9(6-8(10)11)14(12,13)5-2/h7H,4-6H2,1-3H3,(H,10,11). The summed E-state index contributed by atoms with van der Waals surface area (Å²) in [5.74, 6) is -1.19. The minimum absolute atomic E-state index is 0.0649. The molecule has 1 unspecified atom stereocenters. The maximum Gasteiger partial charge on any atom is 0.318 e. The maximum atomic E-state index is 11.5. The molecule has 0 aliphatic carbocycles. The zero-order valence-corrected chi connectivity index (χ0v) is 9.54. The van der Waals surface area contributed by atoms with Gasteiger partial charge in [-0.05, 0) is 20.3 Å². The van der Waals surface area contributed by atoms with Crippen molar-refractivity contribution in [3.8, 4) is 0 Å². The third-order valence-electron chi connectivity index (χ3n) is 2.10. The molecule has 0 saturated heterocycles. The summed E-state index contributed by atoms with van der Waals surface area (Å²) in [6.07, 6.45) is 0.604. The van der Waals surface area contributed by atoms with Gasteiger partial charge >= 0.3 is 5.97 Å². The van der Waals surface area contributed by atoms with Gasteiger partial charge < -0.3 is 5.11 Å². The van der Waals surface area contributed by atoms with Crippen molar-refractivity contribution in [2.24, 2.45) is 0 Å². The molecule has 0 bridgehead atoms. The van der Waals surface area contributed by atoms with E-state index in [1.54, 1.807) is 6.92 Å². The summed E-state index contributed by atoms with van der Waals surface area (Å²) in [5.41, 5.74) is 0. The van der Waals surface area contributed by atoms with Crippen LogP contribution >= 0.6 is 0 Å². The molecule has 1 N–H and O–H groups in total. The number of nitrogens with zero attached hydrogens (tertiary/aromatic N) is 1. The lowest BCUT2D eigenvalue weighted by Gasteiger charge is -2.25. The van der Waals surface area contributed by atoms with Crippen LogP contribution in [0.4, 0.5) is 0 Å². The molecule has 14 heavy (non-hydrogen) atoms. The molecule has 0 aromatic carbocycles. The minimum atomic E-state index is -3.41. The number of hydrogen-bond donors (Lipinski definition) is 1. The Bertz CT molecular complexity index is 286. The van der Waals surface area contributed by atoms with Crippen molar-refractivity contribution < 1.29 is 18.3 Å². The molecule has 84 valence electrons. The van der Waals surface area contributed by atoms with Gasteiger partial charge in [0.15, 0.2) is 0 Å². The Hall–Kier alpha value is -0.620. The first-order chi connectivity index (χ1) is 6.35. The van der Waals surface area contributed by atoms with Crippen molar-refractivity contribution in [3.05, 3.63) is 0 Å². The lowest BCUT2D eigenvalue weighted by molar-refractivity contribution is -0.137. The van der Waals surface area contributed by atoms with Crippen LogP contribution in [-0.2, 0) is 14.8 Å². The molecule has 0 saturated carbocycles. The number of sulfonamides is 1. The van der Waals surface area contributed by atoms with E-state index in [-0.39, 0.29) is 11.8 Å². The van der Waals surface area contributed by atoms with E-state index in [1.807, 2.05) is 6.92 Å². The van der Waals surface area contributed by atoms with Crippen molar-refractivity contribution >= 4 is 16.0 Å². The highest BCUT2D eigenvalue weighted by Crippen LogP contribution is 2.10. The Balaban J connectivity index is 4.81. The number of hydrogen-bond acceptors (Lipinski definition) is 3. The Labute approximate surface area is 84.8 Å². The molecule has 0 rings (SSSR count). The summed E-state index contributed by atoms with van der Waals surface area (Å²) in [6, 6.07) is -0.268. The monoisotopic (exact) mass is 223 g/mol. The van der Waals surface area contributed by atoms with Gasteiger partial charge in [-0.3, -0.25) is 4.79 Å². The molecule has 0 aromatic rings. The smallest absolute Gasteiger partial charge is 0.318 e. The highest BCUT2D eigenvalue weighted by Gasteiger charge is 2.26. The topological polar surface area (TPSA) is 74.7 Å². The normalized spacial score (nSPS) is 14.3. The van der Waals surface area contributed by atoms with Gasteiger partial charge in [0.1, 0.15) is 6.54 Å². The van der Waals surface area contributed by atoms with Crippen LogP contribution in [0.1, 0.15) is 27.2 Å². The van der Waals surface area contributed by atoms with Crippen LogP contribution in [0.3, 0.4) is 0 Å². The third-order valence-corrected chi connectivity index (χ3v) is 4.03. The second kappa shape index (κ2) is 5.31. The maximum absolute atomic E-state index is 11.5. The number of carboxylic acid groups (broad SMARTS) is 1. The first-order valence-electron chi connectivity index (χ1n) is 4.56. The summed E-state index contributed by atoms with van der Waals surface area (Å²) in [6.45, 7) is 4.58. The number of rotatable bonds is 6. The molecule has 0 fully saturated rings. The second-order valence-electron chi connectivity index (χ2n) is 3.10. The van der Waals surface area contributed by atoms with Crippen LogP contribution in [0.25, 0.3) is 0 Å². The Morgan fingerprint density at radius 2 is 1.93 bits per heavy atom. The fourth-order valence-corrected chi connectivity index (χ4v) is 2.37. The fraction of sp³-hybridized carbons (Fsp3) is 0.875. The third kappa shape index (κ3) is 3.63. The minimum Gasteiger partial charge on any atom is -0.480 e. The molecular formula is C8H17NO4S. The van der Waals surface area contributed by atoms with E-state index in [9.17, 15) is 13.2 Å². The van der Waals surface area contributed by atoms with Crippen LogP contribution in [0.2, 0.25) is 0 Å². The molecule has 6 heteroatoms. The fourth-order valence-electron chi connectivity index (χ4n) is 1.03. The van der Waals surface area contributed by atoms with E-state index in [4.69, 9.17) is 5.11 Å². The van der Waals surface area contributed by atoms with Gasteiger partial charge in [-0.25, -0.2) is 8.42 Å². The van der Waals surface area contributed by atoms with Gasteiger partial charge in [-0.1, -0.05) is 6.92 Å². The average Bonchev–Trinajstić information content (AvgIpc) is 2.12. The van der Waals surface area contributed by atoms with Crippen molar-refractivity contribution in [3.63, 3.8) is 0 Å². The molecular weight excluding hydrogens is 206 g/mol. The number of aliphatic carboxylic acids is 1. The van der Waals surface area contributed by atoms with E-state index < -0.39 is 22.5 Å². The summed E-state index contributed by atoms with van der Waals surface area (Å²) in [5, 5.41) is 8.58. The van der Waals surface area contributed by atoms with Crippen LogP contribution in [0, 0.1) is 0 Å². The van der Waals surface area contributed by atoms with Gasteiger partial charge in [0, 0.05) is 6.04 Å². The Morgan fingerprint density at radius 3 is 2.21 bits per heavy atom. The van der Waals surface area contributed by atoms with Gasteiger partial charge in [0.05, 0.1) is 5.75 Å². The number of carbonyl (C=O) groups is 1. The molecule has 0 spiro atoms. The van der Waals surface area contributed by atoms with Gasteiger partial charge in [-0.15, -0.1) is 0 Å². The number of carboxylic acids is 1. The van der Waals surface area contributed by atoms with Crippen LogP contribution in [0.15, 0.2) is 0 Å². The van der Waals surface area contributed by atoms with E-state index in [1.165, 1.54) is 6.92 Å². The van der Waals surface area contributed by atoms with Crippen LogP contribution in [0.5, 0.6) is 0 Å². The van der Waals surface area contributed by atoms with Gasteiger partial charge in [-0.2, -0.15) is 4.31 Å². The first-order valence-corrected chi connectivity index (χ1v) is 6.17. The molecule has 0 aromatic heterocycles. The highest BCUT2D eigenvalue weighted by molar-refractivity contribution is 7.89. The zero-order chi connectivity index (χ0) is 11.4. The summed E-state index contributed by atoms with van der Waals surface area (Å²) in [7, 11) is -3.41. The van der Waals surface area contributed by atoms with Gasteiger partial charge in [0.25, 0.3) is 0 Å². The largest absolute Gasteiger partial charge is 0.480 e. The molecule has 5 nitrogen and oxygen atoms in total. The molecule has 0 radical (unpaired) electrons. The van der Waals surface area contributed by atoms with E-state index in [0.717, 1.165) is 4.31 Å². The van der Waals surface area contributed by atoms with Crippen molar-refractivity contribution in [2.75, 3.05) is 12.3 Å². The molecule has 0 heterocycles. The second-order valence-corrected chi connectivity index (χ2v) is 5.31. The SMILES string of the molecule is CCC(C)N(CC(=O)O)S(=O)(=O)CC. The average molecular weight is 223 g/mol. The lowest BCUT2D eigenvalue weighted by Crippen LogP contribution is -2.42. The predicted molar refractivity (Wildman–Crippen MR) is 53.6 cm³/mol. The molecule has 0 aliphatic rings. The van der Waals surface area contributed by atoms with Crippen LogP contribution < -0.4 is 0 Å². The molecule has 0 amide bonds. The molecule has 0 aliphatic heterocycles. The van der Waals surface area contributed by atoms with Gasteiger partial charge in [0.2, 0.25) is 10.0 Å².